The summed E-state index contributed by atoms with van der Waals surface area (Å²) in [5.74, 6) is -1.51. The molecule has 2 amide bonds. The summed E-state index contributed by atoms with van der Waals surface area (Å²) < 4.78 is 16.0. The van der Waals surface area contributed by atoms with Crippen LogP contribution in [0.4, 0.5) is 4.79 Å². The van der Waals surface area contributed by atoms with Crippen LogP contribution in [0.5, 0.6) is 5.75 Å². The van der Waals surface area contributed by atoms with Crippen LogP contribution in [0.2, 0.25) is 0 Å². The molecular formula is C36H40N2O8. The third kappa shape index (κ3) is 8.58. The van der Waals surface area contributed by atoms with Gasteiger partial charge in [-0.05, 0) is 61.4 Å². The second-order valence-electron chi connectivity index (χ2n) is 12.3. The van der Waals surface area contributed by atoms with E-state index in [9.17, 15) is 24.3 Å². The summed E-state index contributed by atoms with van der Waals surface area (Å²) in [7, 11) is 1.55. The Balaban J connectivity index is 1.33. The summed E-state index contributed by atoms with van der Waals surface area (Å²) in [5.41, 5.74) is 0.00925. The van der Waals surface area contributed by atoms with E-state index in [0.29, 0.717) is 18.6 Å². The molecule has 1 heterocycles. The van der Waals surface area contributed by atoms with E-state index in [-0.39, 0.29) is 38.3 Å². The fraction of sp³-hybridized carbons (Fsp3) is 0.389. The molecule has 10 nitrogen and oxygen atoms in total. The van der Waals surface area contributed by atoms with Crippen LogP contribution < -0.4 is 15.4 Å². The van der Waals surface area contributed by atoms with Crippen molar-refractivity contribution in [3.05, 3.63) is 102 Å². The lowest BCUT2D eigenvalue weighted by molar-refractivity contribution is -0.134. The molecule has 3 N–H and O–H groups in total. The van der Waals surface area contributed by atoms with E-state index in [1.165, 1.54) is 0 Å². The first-order valence-corrected chi connectivity index (χ1v) is 15.5. The molecule has 242 valence electrons. The molecule has 1 aliphatic heterocycles. The summed E-state index contributed by atoms with van der Waals surface area (Å²) >= 11 is 0. The first-order chi connectivity index (χ1) is 22.1. The SMILES string of the molecule is COc1ccc(CC(CC(=O)C(NC(=O)OCc2ccccc2)C2(O)CC2)C(=O)NC(Cc2ccccc2)C(=O)C2(C)CO2)cc1. The maximum Gasteiger partial charge on any atom is 0.408 e. The Morgan fingerprint density at radius 3 is 2.00 bits per heavy atom. The summed E-state index contributed by atoms with van der Waals surface area (Å²) in [6.07, 6.45) is -0.0573. The van der Waals surface area contributed by atoms with Gasteiger partial charge in [0.25, 0.3) is 0 Å². The van der Waals surface area contributed by atoms with Crippen molar-refractivity contribution >= 4 is 23.6 Å². The average molecular weight is 629 g/mol. The predicted octanol–water partition coefficient (Wildman–Crippen LogP) is 3.72. The largest absolute Gasteiger partial charge is 0.497 e. The van der Waals surface area contributed by atoms with E-state index in [1.54, 1.807) is 50.4 Å². The molecule has 4 unspecified atom stereocenters. The number of hydrogen-bond donors (Lipinski definition) is 3. The number of benzene rings is 3. The molecule has 2 aliphatic rings. The minimum absolute atomic E-state index is 0.00597. The highest BCUT2D eigenvalue weighted by atomic mass is 16.6. The Labute approximate surface area is 268 Å². The summed E-state index contributed by atoms with van der Waals surface area (Å²) in [5, 5.41) is 16.5. The van der Waals surface area contributed by atoms with Crippen molar-refractivity contribution < 1.29 is 38.5 Å². The summed E-state index contributed by atoms with van der Waals surface area (Å²) in [4.78, 5) is 54.0. The Kier molecular flexibility index (Phi) is 10.2. The van der Waals surface area contributed by atoms with Gasteiger partial charge in [-0.15, -0.1) is 0 Å². The molecule has 0 radical (unpaired) electrons. The number of ether oxygens (including phenoxy) is 3. The lowest BCUT2D eigenvalue weighted by atomic mass is 9.88. The molecule has 1 aliphatic carbocycles. The van der Waals surface area contributed by atoms with Crippen LogP contribution in [0.25, 0.3) is 0 Å². The summed E-state index contributed by atoms with van der Waals surface area (Å²) in [6, 6.07) is 23.4. The topological polar surface area (TPSA) is 144 Å². The second kappa shape index (κ2) is 14.3. The molecule has 0 spiro atoms. The van der Waals surface area contributed by atoms with Gasteiger partial charge in [-0.25, -0.2) is 4.79 Å². The Morgan fingerprint density at radius 2 is 1.43 bits per heavy atom. The number of hydrogen-bond acceptors (Lipinski definition) is 8. The molecule has 0 aromatic heterocycles. The monoisotopic (exact) mass is 628 g/mol. The Bertz CT molecular complexity index is 1520. The van der Waals surface area contributed by atoms with E-state index in [2.05, 4.69) is 10.6 Å². The summed E-state index contributed by atoms with van der Waals surface area (Å²) in [6.45, 7) is 1.96. The fourth-order valence-corrected chi connectivity index (χ4v) is 5.45. The molecule has 10 heteroatoms. The highest BCUT2D eigenvalue weighted by molar-refractivity contribution is 5.98. The zero-order chi connectivity index (χ0) is 32.7. The number of methoxy groups -OCH3 is 1. The smallest absolute Gasteiger partial charge is 0.408 e. The van der Waals surface area contributed by atoms with Crippen molar-refractivity contribution in [3.8, 4) is 5.75 Å². The number of aliphatic hydroxyl groups is 1. The van der Waals surface area contributed by atoms with Gasteiger partial charge in [0, 0.05) is 12.3 Å². The van der Waals surface area contributed by atoms with Crippen LogP contribution in [0.3, 0.4) is 0 Å². The van der Waals surface area contributed by atoms with Crippen LogP contribution in [-0.4, -0.2) is 65.7 Å². The van der Waals surface area contributed by atoms with Gasteiger partial charge in [-0.2, -0.15) is 0 Å². The molecule has 46 heavy (non-hydrogen) atoms. The predicted molar refractivity (Wildman–Crippen MR) is 169 cm³/mol. The minimum Gasteiger partial charge on any atom is -0.497 e. The van der Waals surface area contributed by atoms with Gasteiger partial charge in [-0.3, -0.25) is 14.4 Å². The van der Waals surface area contributed by atoms with E-state index in [0.717, 1.165) is 16.7 Å². The molecule has 3 aromatic carbocycles. The zero-order valence-corrected chi connectivity index (χ0v) is 26.1. The van der Waals surface area contributed by atoms with Crippen molar-refractivity contribution in [1.82, 2.24) is 10.6 Å². The average Bonchev–Trinajstić information content (AvgIpc) is 4.01. The third-order valence-electron chi connectivity index (χ3n) is 8.57. The first kappa shape index (κ1) is 32.8. The Hall–Kier alpha value is -4.54. The fourth-order valence-electron chi connectivity index (χ4n) is 5.45. The van der Waals surface area contributed by atoms with Gasteiger partial charge in [-0.1, -0.05) is 72.8 Å². The van der Waals surface area contributed by atoms with Gasteiger partial charge in [0.05, 0.1) is 25.4 Å². The van der Waals surface area contributed by atoms with E-state index < -0.39 is 47.0 Å². The van der Waals surface area contributed by atoms with Crippen LogP contribution in [0.1, 0.15) is 42.9 Å². The number of alkyl carbamates (subject to hydrolysis) is 1. The maximum absolute atomic E-state index is 14.0. The standard InChI is InChI=1S/C36H40N2O8/c1-35(23-46-35)32(40)29(20-24-9-5-3-6-10-24)37-33(41)27(19-25-13-15-28(44-2)16-14-25)21-30(39)31(36(43)17-18-36)38-34(42)45-22-26-11-7-4-8-12-26/h3-16,27,29,31,43H,17-23H2,1-2H3,(H,37,41)(H,38,42). The number of rotatable bonds is 16. The van der Waals surface area contributed by atoms with E-state index in [4.69, 9.17) is 14.2 Å². The normalized spacial score (nSPS) is 19.5. The Morgan fingerprint density at radius 1 is 0.848 bits per heavy atom. The van der Waals surface area contributed by atoms with Crippen molar-refractivity contribution in [3.63, 3.8) is 0 Å². The number of amides is 2. The van der Waals surface area contributed by atoms with Gasteiger partial charge < -0.3 is 30.0 Å². The quantitative estimate of drug-likeness (QED) is 0.204. The second-order valence-corrected chi connectivity index (χ2v) is 12.3. The third-order valence-corrected chi connectivity index (χ3v) is 8.57. The van der Waals surface area contributed by atoms with Gasteiger partial charge >= 0.3 is 6.09 Å². The van der Waals surface area contributed by atoms with Crippen molar-refractivity contribution in [2.75, 3.05) is 13.7 Å². The molecule has 1 saturated carbocycles. The van der Waals surface area contributed by atoms with Gasteiger partial charge in [0.1, 0.15) is 24.0 Å². The minimum atomic E-state index is -1.42. The van der Waals surface area contributed by atoms with Crippen molar-refractivity contribution in [1.29, 1.82) is 0 Å². The lowest BCUT2D eigenvalue weighted by Crippen LogP contribution is -2.52. The maximum atomic E-state index is 14.0. The van der Waals surface area contributed by atoms with Crippen LogP contribution in [-0.2, 0) is 43.3 Å². The first-order valence-electron chi connectivity index (χ1n) is 15.5. The van der Waals surface area contributed by atoms with Gasteiger partial charge in [0.2, 0.25) is 5.91 Å². The zero-order valence-electron chi connectivity index (χ0n) is 26.1. The van der Waals surface area contributed by atoms with Crippen LogP contribution in [0.15, 0.2) is 84.9 Å². The lowest BCUT2D eigenvalue weighted by Gasteiger charge is -2.26. The highest BCUT2D eigenvalue weighted by Crippen LogP contribution is 2.40. The molecular weight excluding hydrogens is 588 g/mol. The number of Topliss-reactive ketones (excluding diaryl/α,β-unsaturated/α-hetero) is 2. The number of epoxide rings is 1. The number of nitrogens with one attached hydrogen (secondary N) is 2. The molecule has 0 bridgehead atoms. The molecule has 2 fully saturated rings. The highest BCUT2D eigenvalue weighted by Gasteiger charge is 2.53. The van der Waals surface area contributed by atoms with Crippen molar-refractivity contribution in [2.24, 2.45) is 5.92 Å². The molecule has 3 aromatic rings. The number of carbonyl (C=O) groups is 4. The number of carbonyl (C=O) groups excluding carboxylic acids is 4. The number of ketones is 2. The van der Waals surface area contributed by atoms with E-state index >= 15 is 0 Å². The van der Waals surface area contributed by atoms with Crippen molar-refractivity contribution in [2.45, 2.75) is 68.9 Å². The van der Waals surface area contributed by atoms with E-state index in [1.807, 2.05) is 48.5 Å². The van der Waals surface area contributed by atoms with Gasteiger partial charge in [0.15, 0.2) is 11.6 Å². The van der Waals surface area contributed by atoms with Crippen LogP contribution >= 0.6 is 0 Å². The molecule has 4 atom stereocenters. The van der Waals surface area contributed by atoms with Crippen LogP contribution in [0, 0.1) is 5.92 Å². The molecule has 5 rings (SSSR count). The molecule has 1 saturated heterocycles.